The maximum atomic E-state index is 13.1. The lowest BCUT2D eigenvalue weighted by atomic mass is 9.99. The second kappa shape index (κ2) is 10.8. The van der Waals surface area contributed by atoms with Crippen LogP contribution in [0.25, 0.3) is 11.3 Å². The molecule has 3 aromatic rings. The van der Waals surface area contributed by atoms with Crippen LogP contribution < -0.4 is 14.9 Å². The molecule has 0 atom stereocenters. The largest absolute Gasteiger partial charge is 0.354 e. The molecule has 3 aromatic carbocycles. The van der Waals surface area contributed by atoms with Gasteiger partial charge in [0.2, 0.25) is 10.0 Å². The first kappa shape index (κ1) is 27.1. The predicted octanol–water partition coefficient (Wildman–Crippen LogP) is 4.51. The first-order valence-corrected chi connectivity index (χ1v) is 13.8. The average Bonchev–Trinajstić information content (AvgIpc) is 3.16. The van der Waals surface area contributed by atoms with E-state index in [2.05, 4.69) is 10.6 Å². The van der Waals surface area contributed by atoms with Crippen LogP contribution in [0, 0.1) is 10.1 Å². The number of nitrogens with zero attached hydrogens (tertiary/aromatic N) is 3. The van der Waals surface area contributed by atoms with Crippen molar-refractivity contribution in [3.05, 3.63) is 93.0 Å². The first-order chi connectivity index (χ1) is 18.0. The normalized spacial score (nSPS) is 14.2. The minimum absolute atomic E-state index is 0.0789. The molecule has 0 aliphatic carbocycles. The van der Waals surface area contributed by atoms with Gasteiger partial charge >= 0.3 is 0 Å². The van der Waals surface area contributed by atoms with Gasteiger partial charge in [0.05, 0.1) is 33.8 Å². The molecule has 0 unspecified atom stereocenters. The number of amides is 1. The number of carbonyl (C=O) groups is 1. The monoisotopic (exact) mass is 555 g/mol. The number of halogens is 1. The second-order valence-electron chi connectivity index (χ2n) is 8.99. The molecule has 1 heterocycles. The molecule has 4 rings (SSSR count). The number of fused-ring (bicyclic) bond motifs is 1. The summed E-state index contributed by atoms with van der Waals surface area (Å²) in [5, 5.41) is 17.4. The van der Waals surface area contributed by atoms with Gasteiger partial charge in [0.15, 0.2) is 0 Å². The van der Waals surface area contributed by atoms with Gasteiger partial charge in [0.1, 0.15) is 5.02 Å². The fourth-order valence-electron chi connectivity index (χ4n) is 4.08. The summed E-state index contributed by atoms with van der Waals surface area (Å²) in [5.74, 6) is -0.438. The minimum atomic E-state index is -3.50. The lowest BCUT2D eigenvalue weighted by molar-refractivity contribution is -0.384. The Balaban J connectivity index is 1.78. The summed E-state index contributed by atoms with van der Waals surface area (Å²) in [6.45, 7) is 0.832. The van der Waals surface area contributed by atoms with E-state index in [4.69, 9.17) is 11.6 Å². The van der Waals surface area contributed by atoms with Gasteiger partial charge in [-0.1, -0.05) is 41.9 Å². The number of rotatable bonds is 9. The zero-order valence-corrected chi connectivity index (χ0v) is 22.5. The molecule has 0 spiro atoms. The number of anilines is 3. The Bertz CT molecular complexity index is 1520. The molecule has 1 aliphatic rings. The molecule has 1 amide bonds. The summed E-state index contributed by atoms with van der Waals surface area (Å²) in [5.41, 5.74) is 2.83. The molecule has 0 bridgehead atoms. The third-order valence-corrected chi connectivity index (χ3v) is 7.41. The van der Waals surface area contributed by atoms with E-state index in [9.17, 15) is 23.3 Å². The number of nitro benzene ring substituents is 1. The fraction of sp³-hybridized carbons (Fsp3) is 0.192. The van der Waals surface area contributed by atoms with E-state index in [-0.39, 0.29) is 22.8 Å². The van der Waals surface area contributed by atoms with E-state index in [0.29, 0.717) is 40.4 Å². The molecule has 0 aromatic heterocycles. The molecule has 12 heteroatoms. The van der Waals surface area contributed by atoms with Crippen LogP contribution in [0.3, 0.4) is 0 Å². The summed E-state index contributed by atoms with van der Waals surface area (Å²) in [6.07, 6.45) is 1.16. The Labute approximate surface area is 225 Å². The van der Waals surface area contributed by atoms with Crippen LogP contribution in [0.2, 0.25) is 5.02 Å². The quantitative estimate of drug-likeness (QED) is 0.226. The molecule has 2 N–H and O–H groups in total. The van der Waals surface area contributed by atoms with Crippen molar-refractivity contribution in [1.29, 1.82) is 0 Å². The third-order valence-electron chi connectivity index (χ3n) is 5.92. The molecular formula is C26H26ClN5O5S. The number of carbonyl (C=O) groups excluding carboxylic acids is 1. The van der Waals surface area contributed by atoms with Crippen LogP contribution >= 0.6 is 11.6 Å². The number of nitro groups is 1. The number of benzene rings is 3. The van der Waals surface area contributed by atoms with Gasteiger partial charge in [-0.2, -0.15) is 0 Å². The lowest BCUT2D eigenvalue weighted by Gasteiger charge is -2.24. The molecule has 0 saturated heterocycles. The number of hydrogen-bond donors (Lipinski definition) is 2. The molecule has 38 heavy (non-hydrogen) atoms. The van der Waals surface area contributed by atoms with Crippen LogP contribution in [0.5, 0.6) is 0 Å². The van der Waals surface area contributed by atoms with Crippen molar-refractivity contribution >= 4 is 61.6 Å². The standard InChI is InChI=1S/C26H26ClN5O5S/c1-30(2)13-14-31(38(3,36)37)19-11-9-18(10-12-19)28-25(17-7-5-4-6-8-17)24-20-15-23(32(34)35)21(27)16-22(20)29-26(24)33/h4-12,15-16,28H,13-14H2,1-3H3,(H,29,33). The molecule has 0 fully saturated rings. The van der Waals surface area contributed by atoms with E-state index in [0.717, 1.165) is 6.26 Å². The topological polar surface area (TPSA) is 125 Å². The number of nitrogens with one attached hydrogen (secondary N) is 2. The maximum Gasteiger partial charge on any atom is 0.288 e. The zero-order valence-electron chi connectivity index (χ0n) is 20.9. The first-order valence-electron chi connectivity index (χ1n) is 11.5. The van der Waals surface area contributed by atoms with E-state index >= 15 is 0 Å². The molecular weight excluding hydrogens is 530 g/mol. The highest BCUT2D eigenvalue weighted by Gasteiger charge is 2.32. The summed E-state index contributed by atoms with van der Waals surface area (Å²) in [7, 11) is 0.231. The van der Waals surface area contributed by atoms with Crippen LogP contribution in [0.15, 0.2) is 66.7 Å². The van der Waals surface area contributed by atoms with Crippen molar-refractivity contribution in [3.63, 3.8) is 0 Å². The van der Waals surface area contributed by atoms with Gasteiger partial charge in [0, 0.05) is 30.4 Å². The van der Waals surface area contributed by atoms with Crippen molar-refractivity contribution < 1.29 is 18.1 Å². The third kappa shape index (κ3) is 5.80. The molecule has 0 saturated carbocycles. The summed E-state index contributed by atoms with van der Waals surface area (Å²) >= 11 is 6.06. The molecule has 1 aliphatic heterocycles. The minimum Gasteiger partial charge on any atom is -0.354 e. The van der Waals surface area contributed by atoms with Crippen LogP contribution in [-0.2, 0) is 14.8 Å². The van der Waals surface area contributed by atoms with Gasteiger partial charge in [-0.25, -0.2) is 8.42 Å². The lowest BCUT2D eigenvalue weighted by Crippen LogP contribution is -2.35. The highest BCUT2D eigenvalue weighted by atomic mass is 35.5. The summed E-state index contributed by atoms with van der Waals surface area (Å²) in [4.78, 5) is 25.9. The summed E-state index contributed by atoms with van der Waals surface area (Å²) < 4.78 is 26.1. The fourth-order valence-corrected chi connectivity index (χ4v) is 5.23. The van der Waals surface area contributed by atoms with Crippen molar-refractivity contribution in [2.45, 2.75) is 0 Å². The van der Waals surface area contributed by atoms with E-state index in [1.165, 1.54) is 16.4 Å². The van der Waals surface area contributed by atoms with E-state index in [1.54, 1.807) is 24.3 Å². The Kier molecular flexibility index (Phi) is 7.72. The predicted molar refractivity (Wildman–Crippen MR) is 151 cm³/mol. The van der Waals surface area contributed by atoms with Gasteiger partial charge in [0.25, 0.3) is 11.6 Å². The van der Waals surface area contributed by atoms with Crippen LogP contribution in [-0.4, -0.2) is 57.6 Å². The Morgan fingerprint density at radius 3 is 2.29 bits per heavy atom. The van der Waals surface area contributed by atoms with Gasteiger partial charge in [-0.15, -0.1) is 0 Å². The van der Waals surface area contributed by atoms with Crippen molar-refractivity contribution in [3.8, 4) is 0 Å². The van der Waals surface area contributed by atoms with Crippen LogP contribution in [0.1, 0.15) is 11.1 Å². The highest BCUT2D eigenvalue weighted by Crippen LogP contribution is 2.42. The smallest absolute Gasteiger partial charge is 0.288 e. The number of sulfonamides is 1. The SMILES string of the molecule is CN(C)CCN(c1ccc(NC(=C2C(=O)Nc3cc(Cl)c([N+](=O)[O-])cc32)c2ccccc2)cc1)S(C)(=O)=O. The Morgan fingerprint density at radius 1 is 1.05 bits per heavy atom. The van der Waals surface area contributed by atoms with Gasteiger partial charge in [-0.05, 0) is 50.0 Å². The number of likely N-dealkylation sites (N-methyl/N-ethyl adjacent to an activating group) is 1. The molecule has 10 nitrogen and oxygen atoms in total. The van der Waals surface area contributed by atoms with Crippen molar-refractivity contribution in [2.24, 2.45) is 0 Å². The highest BCUT2D eigenvalue weighted by molar-refractivity contribution is 7.92. The number of hydrogen-bond acceptors (Lipinski definition) is 7. The van der Waals surface area contributed by atoms with E-state index in [1.807, 2.05) is 49.3 Å². The van der Waals surface area contributed by atoms with Gasteiger partial charge in [-0.3, -0.25) is 19.2 Å². The van der Waals surface area contributed by atoms with Crippen LogP contribution in [0.4, 0.5) is 22.7 Å². The Hall–Kier alpha value is -3.93. The second-order valence-corrected chi connectivity index (χ2v) is 11.3. The Morgan fingerprint density at radius 2 is 1.71 bits per heavy atom. The zero-order chi connectivity index (χ0) is 27.6. The van der Waals surface area contributed by atoms with E-state index < -0.39 is 20.9 Å². The van der Waals surface area contributed by atoms with Crippen molar-refractivity contribution in [2.75, 3.05) is 48.4 Å². The molecule has 0 radical (unpaired) electrons. The average molecular weight is 556 g/mol. The summed E-state index contributed by atoms with van der Waals surface area (Å²) in [6, 6.07) is 18.5. The van der Waals surface area contributed by atoms with Gasteiger partial charge < -0.3 is 15.5 Å². The van der Waals surface area contributed by atoms with Crippen molar-refractivity contribution in [1.82, 2.24) is 4.90 Å². The maximum absolute atomic E-state index is 13.1. The molecule has 198 valence electrons.